The predicted molar refractivity (Wildman–Crippen MR) is 205 cm³/mol. The molecule has 53 heavy (non-hydrogen) atoms. The fourth-order valence-corrected chi connectivity index (χ4v) is 7.91. The molecule has 2 aliphatic rings. The van der Waals surface area contributed by atoms with E-state index >= 15 is 0 Å². The number of esters is 1. The number of aromatic nitrogens is 3. The number of amides is 1. The van der Waals surface area contributed by atoms with Crippen molar-refractivity contribution in [2.24, 2.45) is 0 Å². The van der Waals surface area contributed by atoms with Gasteiger partial charge >= 0.3 is 12.1 Å². The molecule has 6 aromatic rings. The van der Waals surface area contributed by atoms with Gasteiger partial charge in [0.05, 0.1) is 43.7 Å². The molecular formula is C43H41N5O5. The van der Waals surface area contributed by atoms with E-state index in [4.69, 9.17) is 24.2 Å². The number of carbonyl (C=O) groups is 2. The Morgan fingerprint density at radius 3 is 2.25 bits per heavy atom. The average molecular weight is 708 g/mol. The van der Waals surface area contributed by atoms with Crippen molar-refractivity contribution >= 4 is 34.6 Å². The summed E-state index contributed by atoms with van der Waals surface area (Å²) >= 11 is 0. The van der Waals surface area contributed by atoms with Gasteiger partial charge in [-0.2, -0.15) is 0 Å². The van der Waals surface area contributed by atoms with Gasteiger partial charge in [-0.3, -0.25) is 4.79 Å². The van der Waals surface area contributed by atoms with E-state index in [-0.39, 0.29) is 38.1 Å². The second-order valence-electron chi connectivity index (χ2n) is 13.6. The Kier molecular flexibility index (Phi) is 9.04. The number of ether oxygens (including phenoxy) is 3. The number of nitrogens with one attached hydrogen (secondary N) is 1. The standard InChI is InChI=1S/C43H41N5O5/c1-26-13-15-29(16-14-26)39-35(22-38(49)51-4)28(3)40-41-36(39)21-27(2)47(41)18-19-48(40)42-45-23-30(24-46-42)52-20-17-44-43(50)53-25-37-33-11-7-5-9-31(33)32-10-6-8-12-34(32)37/h5-16,21,23-24,37H,17-20,22,25H2,1-4H3,(H,44,50). The van der Waals surface area contributed by atoms with E-state index < -0.39 is 6.09 Å². The summed E-state index contributed by atoms with van der Waals surface area (Å²) in [4.78, 5) is 36.9. The van der Waals surface area contributed by atoms with Gasteiger partial charge in [-0.05, 0) is 71.3 Å². The number of hydrogen-bond donors (Lipinski definition) is 1. The van der Waals surface area contributed by atoms with Crippen LogP contribution in [0, 0.1) is 20.8 Å². The molecule has 0 saturated carbocycles. The number of benzene rings is 4. The third-order valence-corrected chi connectivity index (χ3v) is 10.5. The molecule has 0 radical (unpaired) electrons. The molecule has 1 aliphatic carbocycles. The van der Waals surface area contributed by atoms with Gasteiger partial charge in [-0.25, -0.2) is 14.8 Å². The summed E-state index contributed by atoms with van der Waals surface area (Å²) in [7, 11) is 1.42. The number of hydrogen-bond acceptors (Lipinski definition) is 8. The number of anilines is 2. The summed E-state index contributed by atoms with van der Waals surface area (Å²) in [5.74, 6) is 0.731. The predicted octanol–water partition coefficient (Wildman–Crippen LogP) is 7.81. The van der Waals surface area contributed by atoms with E-state index in [0.29, 0.717) is 18.2 Å². The van der Waals surface area contributed by atoms with Crippen LogP contribution in [0.1, 0.15) is 39.4 Å². The third kappa shape index (κ3) is 6.24. The molecule has 3 heterocycles. The van der Waals surface area contributed by atoms with Crippen LogP contribution in [0.4, 0.5) is 16.4 Å². The van der Waals surface area contributed by atoms with Crippen molar-refractivity contribution in [3.8, 4) is 28.0 Å². The molecule has 4 aromatic carbocycles. The quantitative estimate of drug-likeness (QED) is 0.114. The highest BCUT2D eigenvalue weighted by Crippen LogP contribution is 2.47. The van der Waals surface area contributed by atoms with Crippen molar-refractivity contribution in [3.05, 3.63) is 125 Å². The largest absolute Gasteiger partial charge is 0.489 e. The molecule has 0 fully saturated rings. The number of methoxy groups -OCH3 is 1. The van der Waals surface area contributed by atoms with Crippen LogP contribution in [0.25, 0.3) is 33.2 Å². The molecule has 10 heteroatoms. The fourth-order valence-electron chi connectivity index (χ4n) is 7.91. The molecule has 2 aromatic heterocycles. The first-order valence-corrected chi connectivity index (χ1v) is 17.9. The zero-order chi connectivity index (χ0) is 36.6. The highest BCUT2D eigenvalue weighted by Gasteiger charge is 2.31. The summed E-state index contributed by atoms with van der Waals surface area (Å²) in [5, 5.41) is 3.87. The maximum atomic E-state index is 12.8. The van der Waals surface area contributed by atoms with Crippen LogP contribution in [-0.4, -0.2) is 60.0 Å². The van der Waals surface area contributed by atoms with Crippen molar-refractivity contribution < 1.29 is 23.8 Å². The average Bonchev–Trinajstić information content (AvgIpc) is 3.69. The highest BCUT2D eigenvalue weighted by atomic mass is 16.5. The van der Waals surface area contributed by atoms with Gasteiger partial charge in [0.25, 0.3) is 0 Å². The minimum absolute atomic E-state index is 0.00117. The van der Waals surface area contributed by atoms with Crippen LogP contribution >= 0.6 is 0 Å². The molecule has 268 valence electrons. The Morgan fingerprint density at radius 1 is 0.887 bits per heavy atom. The fraction of sp³-hybridized carbons (Fsp3) is 0.256. The van der Waals surface area contributed by atoms with Crippen LogP contribution in [0.3, 0.4) is 0 Å². The SMILES string of the molecule is COC(=O)Cc1c(C)c2c3c(cc(C)n3CCN2c2ncc(OCCNC(=O)OCC3c4ccccc4-c4ccccc43)cn2)c1-c1ccc(C)cc1. The molecule has 1 amide bonds. The number of fused-ring (bicyclic) bond motifs is 3. The van der Waals surface area contributed by atoms with E-state index in [0.717, 1.165) is 51.1 Å². The lowest BCUT2D eigenvalue weighted by Crippen LogP contribution is -2.30. The van der Waals surface area contributed by atoms with Gasteiger partial charge in [0.1, 0.15) is 13.2 Å². The summed E-state index contributed by atoms with van der Waals surface area (Å²) in [6.07, 6.45) is 2.95. The number of nitrogens with zero attached hydrogens (tertiary/aromatic N) is 4. The second kappa shape index (κ2) is 14.1. The summed E-state index contributed by atoms with van der Waals surface area (Å²) in [6.45, 7) is 8.41. The number of carbonyl (C=O) groups excluding carboxylic acids is 2. The molecule has 8 rings (SSSR count). The third-order valence-electron chi connectivity index (χ3n) is 10.5. The van der Waals surface area contributed by atoms with Crippen molar-refractivity contribution in [1.29, 1.82) is 0 Å². The normalized spacial score (nSPS) is 13.1. The maximum Gasteiger partial charge on any atom is 0.407 e. The highest BCUT2D eigenvalue weighted by molar-refractivity contribution is 6.08. The maximum absolute atomic E-state index is 12.8. The van der Waals surface area contributed by atoms with Gasteiger partial charge in [-0.1, -0.05) is 78.4 Å². The van der Waals surface area contributed by atoms with Crippen LogP contribution in [0.15, 0.2) is 91.3 Å². The first-order chi connectivity index (χ1) is 25.8. The van der Waals surface area contributed by atoms with E-state index in [1.54, 1.807) is 12.4 Å². The van der Waals surface area contributed by atoms with E-state index in [1.165, 1.54) is 34.9 Å². The Bertz CT molecular complexity index is 2300. The van der Waals surface area contributed by atoms with Crippen LogP contribution in [-0.2, 0) is 27.2 Å². The molecule has 1 aliphatic heterocycles. The summed E-state index contributed by atoms with van der Waals surface area (Å²) in [6, 6.07) is 27.2. The van der Waals surface area contributed by atoms with E-state index in [2.05, 4.69) is 90.2 Å². The lowest BCUT2D eigenvalue weighted by molar-refractivity contribution is -0.139. The minimum Gasteiger partial charge on any atom is -0.489 e. The summed E-state index contributed by atoms with van der Waals surface area (Å²) < 4.78 is 19.0. The first-order valence-electron chi connectivity index (χ1n) is 17.9. The van der Waals surface area contributed by atoms with Crippen molar-refractivity contribution in [3.63, 3.8) is 0 Å². The van der Waals surface area contributed by atoms with Gasteiger partial charge in [0.15, 0.2) is 5.75 Å². The lowest BCUT2D eigenvalue weighted by Gasteiger charge is -2.33. The van der Waals surface area contributed by atoms with Crippen LogP contribution in [0.5, 0.6) is 5.75 Å². The number of rotatable bonds is 10. The van der Waals surface area contributed by atoms with Gasteiger partial charge in [0, 0.05) is 30.1 Å². The van der Waals surface area contributed by atoms with Crippen molar-refractivity contribution in [2.45, 2.75) is 39.7 Å². The lowest BCUT2D eigenvalue weighted by atomic mass is 9.88. The van der Waals surface area contributed by atoms with Crippen molar-refractivity contribution in [2.75, 3.05) is 38.3 Å². The molecule has 0 unspecified atom stereocenters. The van der Waals surface area contributed by atoms with Crippen LogP contribution < -0.4 is 15.0 Å². The molecule has 0 saturated heterocycles. The zero-order valence-electron chi connectivity index (χ0n) is 30.3. The monoisotopic (exact) mass is 707 g/mol. The molecule has 0 atom stereocenters. The topological polar surface area (TPSA) is 108 Å². The Labute approximate surface area is 308 Å². The molecule has 1 N–H and O–H groups in total. The second-order valence-corrected chi connectivity index (χ2v) is 13.6. The smallest absolute Gasteiger partial charge is 0.407 e. The summed E-state index contributed by atoms with van der Waals surface area (Å²) in [5.41, 5.74) is 13.1. The molecular weight excluding hydrogens is 667 g/mol. The molecule has 0 spiro atoms. The first kappa shape index (κ1) is 34.0. The zero-order valence-corrected chi connectivity index (χ0v) is 30.3. The Morgan fingerprint density at radius 2 is 1.57 bits per heavy atom. The van der Waals surface area contributed by atoms with E-state index in [9.17, 15) is 9.59 Å². The Hall–Kier alpha value is -6.16. The van der Waals surface area contributed by atoms with Gasteiger partial charge < -0.3 is 29.0 Å². The van der Waals surface area contributed by atoms with Crippen LogP contribution in [0.2, 0.25) is 0 Å². The molecule has 0 bridgehead atoms. The van der Waals surface area contributed by atoms with E-state index in [1.807, 2.05) is 24.3 Å². The molecule has 10 nitrogen and oxygen atoms in total. The number of alkyl carbamates (subject to hydrolysis) is 1. The van der Waals surface area contributed by atoms with Gasteiger partial charge in [0.2, 0.25) is 5.95 Å². The number of aryl methyl sites for hydroxylation is 2. The van der Waals surface area contributed by atoms with Gasteiger partial charge in [-0.15, -0.1) is 0 Å². The Balaban J connectivity index is 0.953. The van der Waals surface area contributed by atoms with Crippen molar-refractivity contribution in [1.82, 2.24) is 19.9 Å². The minimum atomic E-state index is -0.492.